The number of hydrogen-bond acceptors (Lipinski definition) is 4. The highest BCUT2D eigenvalue weighted by Gasteiger charge is 2.31. The van der Waals surface area contributed by atoms with E-state index >= 15 is 0 Å². The molecule has 2 aliphatic rings. The first-order valence-corrected chi connectivity index (χ1v) is 8.67. The van der Waals surface area contributed by atoms with Crippen LogP contribution in [0, 0.1) is 17.6 Å². The number of likely N-dealkylation sites (tertiary alicyclic amines) is 1. The summed E-state index contributed by atoms with van der Waals surface area (Å²) in [4.78, 5) is 18.5. The van der Waals surface area contributed by atoms with Crippen molar-refractivity contribution in [2.45, 2.75) is 38.0 Å². The molecule has 1 saturated heterocycles. The molecule has 132 valence electrons. The monoisotopic (exact) mass is 347 g/mol. The highest BCUT2D eigenvalue weighted by atomic mass is 19.1. The zero-order chi connectivity index (χ0) is 17.4. The third-order valence-electron chi connectivity index (χ3n) is 4.87. The SMILES string of the molecule is O=C(c1c(F)cccc1F)N1CCCC(Cc2nc(C3CC3)no2)C1. The van der Waals surface area contributed by atoms with Gasteiger partial charge in [0, 0.05) is 25.4 Å². The Bertz CT molecular complexity index is 768. The van der Waals surface area contributed by atoms with Crippen LogP contribution in [0.5, 0.6) is 0 Å². The molecule has 1 aliphatic heterocycles. The predicted molar refractivity (Wildman–Crippen MR) is 85.0 cm³/mol. The van der Waals surface area contributed by atoms with Crippen molar-refractivity contribution < 1.29 is 18.1 Å². The fourth-order valence-electron chi connectivity index (χ4n) is 3.38. The van der Waals surface area contributed by atoms with E-state index in [2.05, 4.69) is 10.1 Å². The lowest BCUT2D eigenvalue weighted by molar-refractivity contribution is 0.0658. The van der Waals surface area contributed by atoms with Crippen molar-refractivity contribution in [3.63, 3.8) is 0 Å². The quantitative estimate of drug-likeness (QED) is 0.851. The zero-order valence-corrected chi connectivity index (χ0v) is 13.8. The Morgan fingerprint density at radius 1 is 1.24 bits per heavy atom. The summed E-state index contributed by atoms with van der Waals surface area (Å²) in [5, 5.41) is 4.00. The van der Waals surface area contributed by atoms with Crippen LogP contribution >= 0.6 is 0 Å². The molecule has 5 nitrogen and oxygen atoms in total. The smallest absolute Gasteiger partial charge is 0.259 e. The van der Waals surface area contributed by atoms with E-state index in [-0.39, 0.29) is 5.92 Å². The highest BCUT2D eigenvalue weighted by molar-refractivity contribution is 5.94. The topological polar surface area (TPSA) is 59.2 Å². The second kappa shape index (κ2) is 6.54. The molecular weight excluding hydrogens is 328 g/mol. The number of aromatic nitrogens is 2. The number of carbonyl (C=O) groups excluding carboxylic acids is 1. The van der Waals surface area contributed by atoms with Crippen molar-refractivity contribution in [3.8, 4) is 0 Å². The van der Waals surface area contributed by atoms with Gasteiger partial charge in [-0.1, -0.05) is 11.2 Å². The lowest BCUT2D eigenvalue weighted by atomic mass is 9.94. The Morgan fingerprint density at radius 3 is 2.72 bits per heavy atom. The van der Waals surface area contributed by atoms with Crippen LogP contribution in [0.4, 0.5) is 8.78 Å². The van der Waals surface area contributed by atoms with Crippen molar-refractivity contribution in [3.05, 3.63) is 47.1 Å². The first-order chi connectivity index (χ1) is 12.1. The van der Waals surface area contributed by atoms with E-state index in [1.165, 1.54) is 11.0 Å². The molecule has 0 spiro atoms. The molecule has 25 heavy (non-hydrogen) atoms. The third kappa shape index (κ3) is 3.41. The fraction of sp³-hybridized carbons (Fsp3) is 0.500. The van der Waals surface area contributed by atoms with Gasteiger partial charge in [0.15, 0.2) is 5.82 Å². The van der Waals surface area contributed by atoms with E-state index in [9.17, 15) is 13.6 Å². The zero-order valence-electron chi connectivity index (χ0n) is 13.8. The number of benzene rings is 1. The maximum atomic E-state index is 13.9. The number of hydrogen-bond donors (Lipinski definition) is 0. The van der Waals surface area contributed by atoms with E-state index in [4.69, 9.17) is 4.52 Å². The second-order valence-corrected chi connectivity index (χ2v) is 6.88. The molecule has 0 bridgehead atoms. The number of piperidine rings is 1. The molecule has 2 heterocycles. The molecule has 7 heteroatoms. The number of halogens is 2. The van der Waals surface area contributed by atoms with E-state index in [0.29, 0.717) is 31.3 Å². The van der Waals surface area contributed by atoms with E-state index in [1.807, 2.05) is 0 Å². The Morgan fingerprint density at radius 2 is 2.00 bits per heavy atom. The average Bonchev–Trinajstić information content (AvgIpc) is 3.35. The summed E-state index contributed by atoms with van der Waals surface area (Å²) >= 11 is 0. The predicted octanol–water partition coefficient (Wildman–Crippen LogP) is 3.32. The van der Waals surface area contributed by atoms with Crippen LogP contribution in [-0.4, -0.2) is 34.0 Å². The minimum absolute atomic E-state index is 0.153. The summed E-state index contributed by atoms with van der Waals surface area (Å²) in [6.07, 6.45) is 4.52. The third-order valence-corrected chi connectivity index (χ3v) is 4.87. The largest absolute Gasteiger partial charge is 0.339 e. The van der Waals surface area contributed by atoms with Crippen molar-refractivity contribution in [1.82, 2.24) is 15.0 Å². The summed E-state index contributed by atoms with van der Waals surface area (Å²) in [5.74, 6) is -0.294. The van der Waals surface area contributed by atoms with Crippen LogP contribution < -0.4 is 0 Å². The molecule has 0 radical (unpaired) electrons. The van der Waals surface area contributed by atoms with Crippen molar-refractivity contribution in [2.24, 2.45) is 5.92 Å². The fourth-order valence-corrected chi connectivity index (χ4v) is 3.38. The summed E-state index contributed by atoms with van der Waals surface area (Å²) in [6.45, 7) is 0.939. The van der Waals surface area contributed by atoms with Crippen LogP contribution in [0.15, 0.2) is 22.7 Å². The van der Waals surface area contributed by atoms with Gasteiger partial charge in [-0.3, -0.25) is 4.79 Å². The highest BCUT2D eigenvalue weighted by Crippen LogP contribution is 2.38. The molecule has 2 aromatic rings. The molecule has 4 rings (SSSR count). The van der Waals surface area contributed by atoms with Gasteiger partial charge in [0.1, 0.15) is 17.2 Å². The Balaban J connectivity index is 1.44. The minimum Gasteiger partial charge on any atom is -0.339 e. The van der Waals surface area contributed by atoms with Crippen LogP contribution in [0.25, 0.3) is 0 Å². The van der Waals surface area contributed by atoms with Crippen LogP contribution in [0.1, 0.15) is 53.7 Å². The van der Waals surface area contributed by atoms with Gasteiger partial charge in [0.05, 0.1) is 0 Å². The van der Waals surface area contributed by atoms with Gasteiger partial charge in [-0.2, -0.15) is 4.98 Å². The molecule has 0 N–H and O–H groups in total. The standard InChI is InChI=1S/C18H19F2N3O2/c19-13-4-1-5-14(20)16(13)18(24)23-8-2-3-11(10-23)9-15-21-17(22-25-15)12-6-7-12/h1,4-5,11-12H,2-3,6-10H2. The number of carbonyl (C=O) groups is 1. The molecule has 2 fully saturated rings. The van der Waals surface area contributed by atoms with E-state index in [0.717, 1.165) is 43.6 Å². The van der Waals surface area contributed by atoms with Gasteiger partial charge in [-0.05, 0) is 43.7 Å². The summed E-state index contributed by atoms with van der Waals surface area (Å²) in [5.41, 5.74) is -0.475. The molecule has 1 atom stereocenters. The Hall–Kier alpha value is -2.31. The van der Waals surface area contributed by atoms with Crippen LogP contribution in [0.3, 0.4) is 0 Å². The van der Waals surface area contributed by atoms with Crippen LogP contribution in [0.2, 0.25) is 0 Å². The molecule has 1 unspecified atom stereocenters. The molecule has 1 aromatic carbocycles. The van der Waals surface area contributed by atoms with Gasteiger partial charge in [0.2, 0.25) is 5.89 Å². The summed E-state index contributed by atoms with van der Waals surface area (Å²) < 4.78 is 33.0. The molecule has 1 aliphatic carbocycles. The maximum absolute atomic E-state index is 13.9. The Labute approximate surface area is 144 Å². The van der Waals surface area contributed by atoms with Gasteiger partial charge in [0.25, 0.3) is 5.91 Å². The number of amides is 1. The van der Waals surface area contributed by atoms with Gasteiger partial charge < -0.3 is 9.42 Å². The molecule has 1 aromatic heterocycles. The number of nitrogens with zero attached hydrogens (tertiary/aromatic N) is 3. The van der Waals surface area contributed by atoms with Gasteiger partial charge >= 0.3 is 0 Å². The van der Waals surface area contributed by atoms with Crippen molar-refractivity contribution in [2.75, 3.05) is 13.1 Å². The molecule has 1 amide bonds. The van der Waals surface area contributed by atoms with E-state index < -0.39 is 23.1 Å². The summed E-state index contributed by atoms with van der Waals surface area (Å²) in [6, 6.07) is 3.47. The lowest BCUT2D eigenvalue weighted by Gasteiger charge is -2.32. The number of rotatable bonds is 4. The lowest BCUT2D eigenvalue weighted by Crippen LogP contribution is -2.41. The maximum Gasteiger partial charge on any atom is 0.259 e. The first-order valence-electron chi connectivity index (χ1n) is 8.67. The van der Waals surface area contributed by atoms with Crippen LogP contribution in [-0.2, 0) is 6.42 Å². The van der Waals surface area contributed by atoms with Gasteiger partial charge in [-0.15, -0.1) is 0 Å². The summed E-state index contributed by atoms with van der Waals surface area (Å²) in [7, 11) is 0. The molecule has 1 saturated carbocycles. The molecular formula is C18H19F2N3O2. The minimum atomic E-state index is -0.821. The van der Waals surface area contributed by atoms with E-state index in [1.54, 1.807) is 0 Å². The van der Waals surface area contributed by atoms with Crippen molar-refractivity contribution >= 4 is 5.91 Å². The average molecular weight is 347 g/mol. The van der Waals surface area contributed by atoms with Crippen molar-refractivity contribution in [1.29, 1.82) is 0 Å². The Kier molecular flexibility index (Phi) is 4.23. The second-order valence-electron chi connectivity index (χ2n) is 6.88. The first kappa shape index (κ1) is 16.2. The normalized spacial score (nSPS) is 20.7. The van der Waals surface area contributed by atoms with Gasteiger partial charge in [-0.25, -0.2) is 8.78 Å².